The summed E-state index contributed by atoms with van der Waals surface area (Å²) in [5, 5.41) is 8.75. The molecule has 0 aromatic heterocycles. The maximum atomic E-state index is 8.75. The van der Waals surface area contributed by atoms with E-state index in [1.807, 2.05) is 16.9 Å². The fourth-order valence-electron chi connectivity index (χ4n) is 2.28. The van der Waals surface area contributed by atoms with Crippen LogP contribution in [0.4, 0.5) is 0 Å². The molecular weight excluding hydrogens is 195 g/mol. The van der Waals surface area contributed by atoms with Crippen molar-refractivity contribution < 1.29 is 0 Å². The second-order valence-electron chi connectivity index (χ2n) is 4.40. The monoisotopic (exact) mass is 210 g/mol. The fraction of sp³-hybridized carbons (Fsp3) is 0.462. The van der Waals surface area contributed by atoms with Crippen molar-refractivity contribution in [3.63, 3.8) is 0 Å². The van der Waals surface area contributed by atoms with Gasteiger partial charge in [0.1, 0.15) is 0 Å². The average Bonchev–Trinajstić information content (AvgIpc) is 2.54. The quantitative estimate of drug-likeness (QED) is 0.664. The molecule has 1 heterocycles. The van der Waals surface area contributed by atoms with E-state index in [1.54, 1.807) is 0 Å². The van der Waals surface area contributed by atoms with Gasteiger partial charge in [0, 0.05) is 0 Å². The Balaban J connectivity index is 2.08. The largest absolute Gasteiger partial charge is 0.353 e. The standard InChI is InChI=1S/C13H15BN2/c14-16-8-1-2-12(7-9-16)13-5-3-11(10-15)4-6-13/h3-6,12H,1-2,7-9H2. The van der Waals surface area contributed by atoms with Crippen molar-refractivity contribution in [2.45, 2.75) is 25.2 Å². The van der Waals surface area contributed by atoms with Crippen LogP contribution in [0, 0.1) is 11.3 Å². The SMILES string of the molecule is [B]N1CCCC(c2ccc(C#N)cc2)CC1. The zero-order chi connectivity index (χ0) is 11.4. The van der Waals surface area contributed by atoms with Crippen LogP contribution in [-0.2, 0) is 0 Å². The summed E-state index contributed by atoms with van der Waals surface area (Å²) < 4.78 is 0. The molecule has 1 atom stereocenters. The summed E-state index contributed by atoms with van der Waals surface area (Å²) in [7, 11) is 5.81. The molecule has 1 unspecified atom stereocenters. The van der Waals surface area contributed by atoms with Crippen molar-refractivity contribution in [3.8, 4) is 6.07 Å². The van der Waals surface area contributed by atoms with Crippen LogP contribution in [0.15, 0.2) is 24.3 Å². The van der Waals surface area contributed by atoms with Gasteiger partial charge in [-0.25, -0.2) is 0 Å². The summed E-state index contributed by atoms with van der Waals surface area (Å²) in [6.45, 7) is 1.96. The van der Waals surface area contributed by atoms with Gasteiger partial charge in [-0.2, -0.15) is 5.26 Å². The van der Waals surface area contributed by atoms with Gasteiger partial charge in [0.15, 0.2) is 7.98 Å². The molecule has 1 saturated heterocycles. The zero-order valence-corrected chi connectivity index (χ0v) is 9.39. The van der Waals surface area contributed by atoms with Gasteiger partial charge in [-0.15, -0.1) is 0 Å². The molecule has 0 bridgehead atoms. The summed E-state index contributed by atoms with van der Waals surface area (Å²) in [6.07, 6.45) is 3.46. The van der Waals surface area contributed by atoms with E-state index in [0.717, 1.165) is 31.5 Å². The average molecular weight is 210 g/mol. The minimum Gasteiger partial charge on any atom is -0.353 e. The minimum atomic E-state index is 0.598. The zero-order valence-electron chi connectivity index (χ0n) is 9.39. The molecule has 0 saturated carbocycles. The number of hydrogen-bond acceptors (Lipinski definition) is 2. The Hall–Kier alpha value is -1.27. The molecule has 1 aromatic carbocycles. The highest BCUT2D eigenvalue weighted by molar-refractivity contribution is 6.04. The van der Waals surface area contributed by atoms with Crippen LogP contribution in [0.5, 0.6) is 0 Å². The molecule has 1 aromatic rings. The van der Waals surface area contributed by atoms with Gasteiger partial charge in [0.05, 0.1) is 11.6 Å². The van der Waals surface area contributed by atoms with Crippen LogP contribution >= 0.6 is 0 Å². The lowest BCUT2D eigenvalue weighted by atomic mass is 9.91. The molecule has 0 spiro atoms. The molecule has 2 radical (unpaired) electrons. The molecule has 1 aliphatic rings. The Morgan fingerprint density at radius 1 is 1.19 bits per heavy atom. The van der Waals surface area contributed by atoms with E-state index < -0.39 is 0 Å². The smallest absolute Gasteiger partial charge is 0.182 e. The van der Waals surface area contributed by atoms with Gasteiger partial charge in [-0.05, 0) is 56.0 Å². The first-order valence-corrected chi connectivity index (χ1v) is 5.79. The first-order valence-electron chi connectivity index (χ1n) is 5.79. The van der Waals surface area contributed by atoms with E-state index in [0.29, 0.717) is 5.92 Å². The Morgan fingerprint density at radius 2 is 1.94 bits per heavy atom. The van der Waals surface area contributed by atoms with Gasteiger partial charge in [0.2, 0.25) is 0 Å². The highest BCUT2D eigenvalue weighted by atomic mass is 15.0. The van der Waals surface area contributed by atoms with E-state index in [9.17, 15) is 0 Å². The van der Waals surface area contributed by atoms with E-state index in [-0.39, 0.29) is 0 Å². The highest BCUT2D eigenvalue weighted by Crippen LogP contribution is 2.27. The van der Waals surface area contributed by atoms with Gasteiger partial charge in [0.25, 0.3) is 0 Å². The summed E-state index contributed by atoms with van der Waals surface area (Å²) in [4.78, 5) is 1.91. The van der Waals surface area contributed by atoms with Crippen molar-refractivity contribution in [2.75, 3.05) is 13.1 Å². The van der Waals surface area contributed by atoms with Crippen LogP contribution in [0.25, 0.3) is 0 Å². The molecule has 0 aliphatic carbocycles. The Kier molecular flexibility index (Phi) is 3.64. The Labute approximate surface area is 98.3 Å². The van der Waals surface area contributed by atoms with E-state index in [1.165, 1.54) is 12.0 Å². The number of nitrogens with zero attached hydrogens (tertiary/aromatic N) is 2. The summed E-state index contributed by atoms with van der Waals surface area (Å²) in [5.41, 5.74) is 2.08. The molecule has 2 rings (SSSR count). The van der Waals surface area contributed by atoms with E-state index >= 15 is 0 Å². The molecule has 16 heavy (non-hydrogen) atoms. The third-order valence-electron chi connectivity index (χ3n) is 3.27. The first-order chi connectivity index (χ1) is 7.79. The summed E-state index contributed by atoms with van der Waals surface area (Å²) in [6, 6.07) is 10.1. The third kappa shape index (κ3) is 2.65. The van der Waals surface area contributed by atoms with Crippen LogP contribution in [-0.4, -0.2) is 25.9 Å². The van der Waals surface area contributed by atoms with E-state index in [2.05, 4.69) is 18.2 Å². The van der Waals surface area contributed by atoms with Crippen molar-refractivity contribution in [3.05, 3.63) is 35.4 Å². The molecule has 80 valence electrons. The van der Waals surface area contributed by atoms with Crippen molar-refractivity contribution in [1.29, 1.82) is 5.26 Å². The van der Waals surface area contributed by atoms with Crippen molar-refractivity contribution in [1.82, 2.24) is 4.81 Å². The predicted molar refractivity (Wildman–Crippen MR) is 65.1 cm³/mol. The Bertz CT molecular complexity index is 380. The number of rotatable bonds is 1. The van der Waals surface area contributed by atoms with Crippen molar-refractivity contribution in [2.24, 2.45) is 0 Å². The number of nitriles is 1. The lowest BCUT2D eigenvalue weighted by Gasteiger charge is -2.15. The predicted octanol–water partition coefficient (Wildman–Crippen LogP) is 2.21. The fourth-order valence-corrected chi connectivity index (χ4v) is 2.28. The molecule has 1 aliphatic heterocycles. The number of benzene rings is 1. The second kappa shape index (κ2) is 5.18. The summed E-state index contributed by atoms with van der Waals surface area (Å²) in [5.74, 6) is 0.598. The molecule has 0 N–H and O–H groups in total. The normalized spacial score (nSPS) is 22.3. The van der Waals surface area contributed by atoms with Crippen LogP contribution in [0.1, 0.15) is 36.3 Å². The third-order valence-corrected chi connectivity index (χ3v) is 3.27. The number of hydrogen-bond donors (Lipinski definition) is 0. The topological polar surface area (TPSA) is 27.0 Å². The van der Waals surface area contributed by atoms with Crippen LogP contribution in [0.2, 0.25) is 0 Å². The van der Waals surface area contributed by atoms with E-state index in [4.69, 9.17) is 13.2 Å². The highest BCUT2D eigenvalue weighted by Gasteiger charge is 2.15. The van der Waals surface area contributed by atoms with Crippen LogP contribution < -0.4 is 0 Å². The van der Waals surface area contributed by atoms with Gasteiger partial charge >= 0.3 is 0 Å². The Morgan fingerprint density at radius 3 is 2.62 bits per heavy atom. The van der Waals surface area contributed by atoms with Crippen molar-refractivity contribution >= 4 is 7.98 Å². The first kappa shape index (κ1) is 11.2. The lowest BCUT2D eigenvalue weighted by molar-refractivity contribution is 0.467. The maximum absolute atomic E-state index is 8.75. The van der Waals surface area contributed by atoms with Gasteiger partial charge in [-0.3, -0.25) is 0 Å². The molecule has 1 fully saturated rings. The lowest BCUT2D eigenvalue weighted by Crippen LogP contribution is -2.20. The van der Waals surface area contributed by atoms with Gasteiger partial charge in [-0.1, -0.05) is 12.1 Å². The maximum Gasteiger partial charge on any atom is 0.182 e. The summed E-state index contributed by atoms with van der Waals surface area (Å²) >= 11 is 0. The second-order valence-corrected chi connectivity index (χ2v) is 4.40. The minimum absolute atomic E-state index is 0.598. The molecule has 2 nitrogen and oxygen atoms in total. The molecule has 0 amide bonds. The van der Waals surface area contributed by atoms with Gasteiger partial charge < -0.3 is 4.81 Å². The van der Waals surface area contributed by atoms with Crippen LogP contribution in [0.3, 0.4) is 0 Å². The molecule has 3 heteroatoms. The molecular formula is C13H15BN2.